The number of hydrogen-bond acceptors (Lipinski definition) is 3. The van der Waals surface area contributed by atoms with Gasteiger partial charge in [0.1, 0.15) is 5.82 Å². The summed E-state index contributed by atoms with van der Waals surface area (Å²) in [6, 6.07) is 3.91. The Morgan fingerprint density at radius 2 is 2.17 bits per heavy atom. The monoisotopic (exact) mass is 251 g/mol. The molecule has 0 fully saturated rings. The maximum absolute atomic E-state index is 13.1. The fraction of sp³-hybridized carbons (Fsp3) is 0.231. The highest BCUT2D eigenvalue weighted by Gasteiger charge is 2.05. The number of methoxy groups -OCH3 is 1. The van der Waals surface area contributed by atoms with Crippen molar-refractivity contribution in [2.75, 3.05) is 12.4 Å². The van der Waals surface area contributed by atoms with E-state index in [4.69, 9.17) is 0 Å². The average molecular weight is 251 g/mol. The third-order valence-corrected chi connectivity index (χ3v) is 2.21. The summed E-state index contributed by atoms with van der Waals surface area (Å²) in [5.41, 5.74) is 0.852. The van der Waals surface area contributed by atoms with Gasteiger partial charge in [0.2, 0.25) is 5.91 Å². The van der Waals surface area contributed by atoms with Crippen LogP contribution in [-0.4, -0.2) is 19.0 Å². The number of halogens is 1. The van der Waals surface area contributed by atoms with Gasteiger partial charge in [0.05, 0.1) is 7.11 Å². The molecule has 0 unspecified atom stereocenters. The maximum Gasteiger partial charge on any atom is 0.330 e. The van der Waals surface area contributed by atoms with Gasteiger partial charge in [-0.25, -0.2) is 9.18 Å². The van der Waals surface area contributed by atoms with Crippen molar-refractivity contribution in [1.82, 2.24) is 0 Å². The summed E-state index contributed by atoms with van der Waals surface area (Å²) >= 11 is 0. The van der Waals surface area contributed by atoms with Gasteiger partial charge in [0.25, 0.3) is 0 Å². The Hall–Kier alpha value is -2.17. The molecule has 0 aliphatic rings. The molecule has 0 atom stereocenters. The van der Waals surface area contributed by atoms with Gasteiger partial charge < -0.3 is 10.1 Å². The molecule has 1 N–H and O–H groups in total. The first-order chi connectivity index (χ1) is 8.56. The average Bonchev–Trinajstić information content (AvgIpc) is 2.38. The topological polar surface area (TPSA) is 55.4 Å². The Bertz CT molecular complexity index is 483. The van der Waals surface area contributed by atoms with Crippen LogP contribution in [0.3, 0.4) is 0 Å². The van der Waals surface area contributed by atoms with E-state index in [9.17, 15) is 14.0 Å². The fourth-order valence-corrected chi connectivity index (χ4v) is 1.25. The first-order valence-electron chi connectivity index (χ1n) is 5.42. The number of nitrogens with one attached hydrogen (secondary N) is 1. The normalized spacial score (nSPS) is 10.4. The Balaban J connectivity index is 3.00. The first-order valence-corrected chi connectivity index (χ1v) is 5.42. The molecule has 0 saturated carbocycles. The zero-order valence-corrected chi connectivity index (χ0v) is 10.2. The third-order valence-electron chi connectivity index (χ3n) is 2.21. The van der Waals surface area contributed by atoms with E-state index in [-0.39, 0.29) is 5.91 Å². The van der Waals surface area contributed by atoms with Gasteiger partial charge in [-0.2, -0.15) is 0 Å². The molecule has 0 aromatic heterocycles. The molecule has 0 aliphatic carbocycles. The summed E-state index contributed by atoms with van der Waals surface area (Å²) in [6.07, 6.45) is 2.87. The molecule has 96 valence electrons. The summed E-state index contributed by atoms with van der Waals surface area (Å²) < 4.78 is 17.5. The van der Waals surface area contributed by atoms with Gasteiger partial charge in [0.15, 0.2) is 0 Å². The molecule has 0 saturated heterocycles. The standard InChI is InChI=1S/C13H14FNO3/c1-3-12(16)15-11-6-5-10(14)8-9(11)4-7-13(17)18-2/h4-8H,3H2,1-2H3,(H,15,16)/b7-4+. The SMILES string of the molecule is CCC(=O)Nc1ccc(F)cc1/C=C/C(=O)OC. The molecule has 0 aliphatic heterocycles. The van der Waals surface area contributed by atoms with Crippen molar-refractivity contribution in [1.29, 1.82) is 0 Å². The van der Waals surface area contributed by atoms with Crippen molar-refractivity contribution >= 4 is 23.6 Å². The lowest BCUT2D eigenvalue weighted by molar-refractivity contribution is -0.134. The predicted octanol–water partition coefficient (Wildman–Crippen LogP) is 2.36. The molecule has 0 heterocycles. The molecule has 0 radical (unpaired) electrons. The van der Waals surface area contributed by atoms with Crippen molar-refractivity contribution in [2.24, 2.45) is 0 Å². The van der Waals surface area contributed by atoms with Crippen molar-refractivity contribution in [2.45, 2.75) is 13.3 Å². The highest BCUT2D eigenvalue weighted by atomic mass is 19.1. The third kappa shape index (κ3) is 4.01. The first kappa shape index (κ1) is 13.9. The zero-order valence-electron chi connectivity index (χ0n) is 10.2. The van der Waals surface area contributed by atoms with E-state index in [1.54, 1.807) is 6.92 Å². The molecule has 18 heavy (non-hydrogen) atoms. The molecule has 1 rings (SSSR count). The van der Waals surface area contributed by atoms with Crippen LogP contribution in [0.4, 0.5) is 10.1 Å². The molecule has 4 nitrogen and oxygen atoms in total. The van der Waals surface area contributed by atoms with Crippen molar-refractivity contribution in [3.8, 4) is 0 Å². The molecule has 0 bridgehead atoms. The summed E-state index contributed by atoms with van der Waals surface area (Å²) in [4.78, 5) is 22.3. The Morgan fingerprint density at radius 3 is 2.78 bits per heavy atom. The van der Waals surface area contributed by atoms with Crippen LogP contribution in [0.15, 0.2) is 24.3 Å². The quantitative estimate of drug-likeness (QED) is 0.660. The fourth-order valence-electron chi connectivity index (χ4n) is 1.25. The lowest BCUT2D eigenvalue weighted by Crippen LogP contribution is -2.10. The number of hydrogen-bond donors (Lipinski definition) is 1. The highest BCUT2D eigenvalue weighted by molar-refractivity contribution is 5.94. The largest absolute Gasteiger partial charge is 0.466 e. The minimum atomic E-state index is -0.549. The summed E-state index contributed by atoms with van der Waals surface area (Å²) in [5, 5.41) is 2.62. The van der Waals surface area contributed by atoms with E-state index in [1.807, 2.05) is 0 Å². The summed E-state index contributed by atoms with van der Waals surface area (Å²) in [5.74, 6) is -1.18. The van der Waals surface area contributed by atoms with Crippen LogP contribution in [-0.2, 0) is 14.3 Å². The van der Waals surface area contributed by atoms with Gasteiger partial charge in [0, 0.05) is 23.7 Å². The number of esters is 1. The number of anilines is 1. The predicted molar refractivity (Wildman–Crippen MR) is 66.4 cm³/mol. The molecule has 1 amide bonds. The number of amides is 1. The van der Waals surface area contributed by atoms with E-state index >= 15 is 0 Å². The smallest absolute Gasteiger partial charge is 0.330 e. The van der Waals surface area contributed by atoms with Crippen molar-refractivity contribution in [3.63, 3.8) is 0 Å². The van der Waals surface area contributed by atoms with Crippen LogP contribution in [0.1, 0.15) is 18.9 Å². The number of carbonyl (C=O) groups excluding carboxylic acids is 2. The van der Waals surface area contributed by atoms with Crippen LogP contribution in [0.25, 0.3) is 6.08 Å². The molecule has 1 aromatic rings. The lowest BCUT2D eigenvalue weighted by Gasteiger charge is -2.07. The van der Waals surface area contributed by atoms with E-state index in [0.717, 1.165) is 6.08 Å². The minimum absolute atomic E-state index is 0.186. The summed E-state index contributed by atoms with van der Waals surface area (Å²) in [6.45, 7) is 1.71. The van der Waals surface area contributed by atoms with Crippen LogP contribution < -0.4 is 5.32 Å². The number of rotatable bonds is 4. The molecular formula is C13H14FNO3. The van der Waals surface area contributed by atoms with Gasteiger partial charge in [-0.05, 0) is 24.3 Å². The Labute approximate surface area is 104 Å². The van der Waals surface area contributed by atoms with Crippen molar-refractivity contribution < 1.29 is 18.7 Å². The number of benzene rings is 1. The molecular weight excluding hydrogens is 237 g/mol. The summed E-state index contributed by atoms with van der Waals surface area (Å²) in [7, 11) is 1.25. The van der Waals surface area contributed by atoms with Gasteiger partial charge in [-0.15, -0.1) is 0 Å². The number of carbonyl (C=O) groups is 2. The van der Waals surface area contributed by atoms with Crippen molar-refractivity contribution in [3.05, 3.63) is 35.7 Å². The Morgan fingerprint density at radius 1 is 1.44 bits per heavy atom. The minimum Gasteiger partial charge on any atom is -0.466 e. The van der Waals surface area contributed by atoms with Crippen LogP contribution in [0.5, 0.6) is 0 Å². The van der Waals surface area contributed by atoms with Crippen LogP contribution in [0, 0.1) is 5.82 Å². The molecule has 5 heteroatoms. The second-order valence-electron chi connectivity index (χ2n) is 3.49. The van der Waals surface area contributed by atoms with E-state index in [0.29, 0.717) is 17.7 Å². The van der Waals surface area contributed by atoms with E-state index in [2.05, 4.69) is 10.1 Å². The molecule has 1 aromatic carbocycles. The van der Waals surface area contributed by atoms with Crippen LogP contribution >= 0.6 is 0 Å². The maximum atomic E-state index is 13.1. The second kappa shape index (κ2) is 6.54. The van der Waals surface area contributed by atoms with Crippen LogP contribution in [0.2, 0.25) is 0 Å². The second-order valence-corrected chi connectivity index (χ2v) is 3.49. The molecule has 0 spiro atoms. The van der Waals surface area contributed by atoms with Gasteiger partial charge in [-0.1, -0.05) is 6.92 Å². The van der Waals surface area contributed by atoms with E-state index < -0.39 is 11.8 Å². The van der Waals surface area contributed by atoms with Gasteiger partial charge in [-0.3, -0.25) is 4.79 Å². The van der Waals surface area contributed by atoms with Gasteiger partial charge >= 0.3 is 5.97 Å². The lowest BCUT2D eigenvalue weighted by atomic mass is 10.1. The highest BCUT2D eigenvalue weighted by Crippen LogP contribution is 2.19. The number of ether oxygens (including phenoxy) is 1. The Kier molecular flexibility index (Phi) is 5.05. The zero-order chi connectivity index (χ0) is 13.5. The van der Waals surface area contributed by atoms with E-state index in [1.165, 1.54) is 31.4 Å².